The minimum Gasteiger partial charge on any atom is -0.508 e. The highest BCUT2D eigenvalue weighted by Crippen LogP contribution is 2.27. The van der Waals surface area contributed by atoms with Crippen molar-refractivity contribution in [1.82, 2.24) is 14.9 Å². The fourth-order valence-corrected chi connectivity index (χ4v) is 3.47. The Morgan fingerprint density at radius 1 is 1.32 bits per heavy atom. The number of rotatable bonds is 5. The van der Waals surface area contributed by atoms with Crippen molar-refractivity contribution < 1.29 is 5.11 Å². The average molecular weight is 342 g/mol. The van der Waals surface area contributed by atoms with Crippen molar-refractivity contribution in [3.05, 3.63) is 51.2 Å². The van der Waals surface area contributed by atoms with Gasteiger partial charge in [0.05, 0.1) is 5.69 Å². The van der Waals surface area contributed by atoms with Crippen LogP contribution in [0.2, 0.25) is 0 Å². The minimum atomic E-state index is -0.0198. The molecule has 0 spiro atoms. The molecule has 0 saturated heterocycles. The van der Waals surface area contributed by atoms with Crippen molar-refractivity contribution in [2.75, 3.05) is 24.5 Å². The lowest BCUT2D eigenvalue weighted by Gasteiger charge is -2.28. The van der Waals surface area contributed by atoms with Gasteiger partial charge >= 0.3 is 0 Å². The Kier molecular flexibility index (Phi) is 5.08. The molecule has 25 heavy (non-hydrogen) atoms. The molecule has 1 aliphatic rings. The van der Waals surface area contributed by atoms with E-state index in [0.717, 1.165) is 42.1 Å². The first-order chi connectivity index (χ1) is 12.0. The van der Waals surface area contributed by atoms with Gasteiger partial charge in [0, 0.05) is 55.6 Å². The van der Waals surface area contributed by atoms with Crippen LogP contribution in [0, 0.1) is 6.92 Å². The van der Waals surface area contributed by atoms with E-state index in [4.69, 9.17) is 0 Å². The lowest BCUT2D eigenvalue weighted by Crippen LogP contribution is -2.35. The van der Waals surface area contributed by atoms with E-state index >= 15 is 0 Å². The number of nitrogens with one attached hydrogen (secondary N) is 1. The zero-order chi connectivity index (χ0) is 18.0. The van der Waals surface area contributed by atoms with Gasteiger partial charge in [0.15, 0.2) is 0 Å². The van der Waals surface area contributed by atoms with E-state index in [1.54, 1.807) is 6.92 Å². The molecule has 0 unspecified atom stereocenters. The summed E-state index contributed by atoms with van der Waals surface area (Å²) in [7, 11) is 0. The maximum Gasteiger partial charge on any atom is 0.254 e. The molecule has 0 fully saturated rings. The van der Waals surface area contributed by atoms with Crippen LogP contribution >= 0.6 is 0 Å². The molecular weight excluding hydrogens is 316 g/mol. The molecule has 0 bridgehead atoms. The van der Waals surface area contributed by atoms with E-state index < -0.39 is 0 Å². The maximum absolute atomic E-state index is 12.0. The molecule has 0 atom stereocenters. The molecule has 6 heteroatoms. The van der Waals surface area contributed by atoms with Crippen molar-refractivity contribution in [3.63, 3.8) is 0 Å². The Morgan fingerprint density at radius 3 is 2.76 bits per heavy atom. The van der Waals surface area contributed by atoms with Crippen LogP contribution in [0.15, 0.2) is 23.0 Å². The van der Waals surface area contributed by atoms with Crippen molar-refractivity contribution in [3.8, 4) is 5.75 Å². The molecule has 0 saturated carbocycles. The van der Waals surface area contributed by atoms with Crippen molar-refractivity contribution in [2.45, 2.75) is 40.3 Å². The summed E-state index contributed by atoms with van der Waals surface area (Å²) in [6, 6.07) is 5.90. The van der Waals surface area contributed by atoms with E-state index in [2.05, 4.69) is 39.7 Å². The van der Waals surface area contributed by atoms with Crippen LogP contribution < -0.4 is 10.5 Å². The summed E-state index contributed by atoms with van der Waals surface area (Å²) in [6.07, 6.45) is 0.691. The monoisotopic (exact) mass is 342 g/mol. The number of aromatic amines is 1. The number of benzene rings is 1. The molecule has 0 amide bonds. The van der Waals surface area contributed by atoms with Gasteiger partial charge in [-0.05, 0) is 33.3 Å². The van der Waals surface area contributed by atoms with Gasteiger partial charge in [0.25, 0.3) is 5.56 Å². The van der Waals surface area contributed by atoms with Gasteiger partial charge < -0.3 is 15.0 Å². The number of hydrogen-bond donors (Lipinski definition) is 2. The van der Waals surface area contributed by atoms with Gasteiger partial charge in [0.1, 0.15) is 11.6 Å². The van der Waals surface area contributed by atoms with E-state index in [0.29, 0.717) is 31.1 Å². The number of H-pyrrole nitrogens is 1. The highest BCUT2D eigenvalue weighted by Gasteiger charge is 2.21. The van der Waals surface area contributed by atoms with E-state index in [-0.39, 0.29) is 5.56 Å². The quantitative estimate of drug-likeness (QED) is 0.871. The Balaban J connectivity index is 1.76. The molecule has 0 radical (unpaired) electrons. The van der Waals surface area contributed by atoms with Crippen LogP contribution in [0.25, 0.3) is 0 Å². The second-order valence-corrected chi connectivity index (χ2v) is 6.52. The number of fused-ring (bicyclic) bond motifs is 1. The molecule has 1 aliphatic heterocycles. The number of aryl methyl sites for hydroxylation is 1. The number of phenolic OH excluding ortho intramolecular Hbond substituents is 1. The fourth-order valence-electron chi connectivity index (χ4n) is 3.47. The zero-order valence-electron chi connectivity index (χ0n) is 15.2. The number of phenols is 1. The van der Waals surface area contributed by atoms with E-state index in [9.17, 15) is 9.90 Å². The largest absolute Gasteiger partial charge is 0.508 e. The fraction of sp³-hybridized carbons (Fsp3) is 0.474. The molecule has 134 valence electrons. The van der Waals surface area contributed by atoms with Crippen LogP contribution in [-0.2, 0) is 19.5 Å². The Hall–Kier alpha value is -2.34. The van der Waals surface area contributed by atoms with Crippen molar-refractivity contribution >= 4 is 5.69 Å². The summed E-state index contributed by atoms with van der Waals surface area (Å²) < 4.78 is 0. The lowest BCUT2D eigenvalue weighted by molar-refractivity contribution is 0.237. The third-order valence-corrected chi connectivity index (χ3v) is 4.86. The molecule has 1 aromatic carbocycles. The summed E-state index contributed by atoms with van der Waals surface area (Å²) in [5.74, 6) is 0.974. The van der Waals surface area contributed by atoms with Gasteiger partial charge in [-0.1, -0.05) is 6.07 Å². The topological polar surface area (TPSA) is 72.5 Å². The van der Waals surface area contributed by atoms with Gasteiger partial charge in [-0.2, -0.15) is 0 Å². The highest BCUT2D eigenvalue weighted by molar-refractivity contribution is 5.53. The number of nitrogens with zero attached hydrogens (tertiary/aromatic N) is 3. The van der Waals surface area contributed by atoms with Crippen LogP contribution in [0.4, 0.5) is 5.69 Å². The Labute approximate surface area is 148 Å². The highest BCUT2D eigenvalue weighted by atomic mass is 16.3. The summed E-state index contributed by atoms with van der Waals surface area (Å²) >= 11 is 0. The van der Waals surface area contributed by atoms with E-state index in [1.165, 1.54) is 0 Å². The first kappa shape index (κ1) is 17.5. The van der Waals surface area contributed by atoms with E-state index in [1.807, 2.05) is 12.1 Å². The molecule has 1 aromatic heterocycles. The van der Waals surface area contributed by atoms with Gasteiger partial charge in [-0.3, -0.25) is 9.69 Å². The predicted octanol–water partition coefficient (Wildman–Crippen LogP) is 2.19. The summed E-state index contributed by atoms with van der Waals surface area (Å²) in [5, 5.41) is 10.4. The average Bonchev–Trinajstić information content (AvgIpc) is 2.58. The minimum absolute atomic E-state index is 0.0198. The SMILES string of the molecule is CCN(CC)c1ccc(CN2CCc3c(nc(C)[nH]c3=O)C2)c(O)c1. The molecule has 3 rings (SSSR count). The summed E-state index contributed by atoms with van der Waals surface area (Å²) in [5.41, 5.74) is 3.57. The first-order valence-electron chi connectivity index (χ1n) is 8.89. The van der Waals surface area contributed by atoms with Gasteiger partial charge in [-0.15, -0.1) is 0 Å². The van der Waals surface area contributed by atoms with Crippen LogP contribution in [0.5, 0.6) is 5.75 Å². The Morgan fingerprint density at radius 2 is 2.08 bits per heavy atom. The van der Waals surface area contributed by atoms with Gasteiger partial charge in [0.2, 0.25) is 0 Å². The summed E-state index contributed by atoms with van der Waals surface area (Å²) in [4.78, 5) is 23.7. The normalized spacial score (nSPS) is 14.4. The zero-order valence-corrected chi connectivity index (χ0v) is 15.2. The van der Waals surface area contributed by atoms with Crippen LogP contribution in [-0.4, -0.2) is 39.6 Å². The second kappa shape index (κ2) is 7.27. The molecule has 6 nitrogen and oxygen atoms in total. The third kappa shape index (κ3) is 3.69. The maximum atomic E-state index is 12.0. The number of aromatic hydroxyl groups is 1. The standard InChI is InChI=1S/C19H26N4O2/c1-4-23(5-2)15-7-6-14(18(24)10-15)11-22-9-8-16-17(12-22)20-13(3)21-19(16)25/h6-7,10,24H,4-5,8-9,11-12H2,1-3H3,(H,20,21,25). The Bertz CT molecular complexity index is 812. The second-order valence-electron chi connectivity index (χ2n) is 6.52. The van der Waals surface area contributed by atoms with Crippen LogP contribution in [0.3, 0.4) is 0 Å². The molecule has 0 aliphatic carbocycles. The smallest absolute Gasteiger partial charge is 0.254 e. The summed E-state index contributed by atoms with van der Waals surface area (Å²) in [6.45, 7) is 9.92. The molecular formula is C19H26N4O2. The lowest BCUT2D eigenvalue weighted by atomic mass is 10.0. The van der Waals surface area contributed by atoms with Crippen LogP contribution in [0.1, 0.15) is 36.5 Å². The number of hydrogen-bond acceptors (Lipinski definition) is 5. The van der Waals surface area contributed by atoms with Gasteiger partial charge in [-0.25, -0.2) is 4.98 Å². The number of anilines is 1. The van der Waals surface area contributed by atoms with Crippen molar-refractivity contribution in [2.24, 2.45) is 0 Å². The first-order valence-corrected chi connectivity index (χ1v) is 8.89. The third-order valence-electron chi connectivity index (χ3n) is 4.86. The molecule has 2 N–H and O–H groups in total. The molecule has 2 aromatic rings. The number of aromatic nitrogens is 2. The molecule has 2 heterocycles. The predicted molar refractivity (Wildman–Crippen MR) is 99.1 cm³/mol. The van der Waals surface area contributed by atoms with Crippen molar-refractivity contribution in [1.29, 1.82) is 0 Å².